The first-order valence-corrected chi connectivity index (χ1v) is 10.8. The second-order valence-electron chi connectivity index (χ2n) is 8.26. The van der Waals surface area contributed by atoms with Gasteiger partial charge in [-0.3, -0.25) is 4.79 Å². The van der Waals surface area contributed by atoms with Crippen LogP contribution in [-0.2, 0) is 16.1 Å². The van der Waals surface area contributed by atoms with Crippen LogP contribution < -0.4 is 0 Å². The number of rotatable bonds is 8. The van der Waals surface area contributed by atoms with Gasteiger partial charge in [0.15, 0.2) is 12.3 Å². The quantitative estimate of drug-likeness (QED) is 0.513. The molecule has 0 N–H and O–H groups in total. The second kappa shape index (κ2) is 8.88. The molecule has 0 unspecified atom stereocenters. The van der Waals surface area contributed by atoms with Crippen LogP contribution in [0.5, 0.6) is 0 Å². The first kappa shape index (κ1) is 21.0. The number of carbonyl (C=O) groups is 2. The number of likely N-dealkylation sites (N-methyl/N-ethyl adjacent to an activating group) is 1. The number of nitrogens with zero attached hydrogens (tertiary/aromatic N) is 4. The molecule has 1 aromatic carbocycles. The molecular formula is C24H28N4O3. The van der Waals surface area contributed by atoms with Gasteiger partial charge in [-0.25, -0.2) is 14.5 Å². The highest BCUT2D eigenvalue weighted by Crippen LogP contribution is 2.40. The average Bonchev–Trinajstić information content (AvgIpc) is 3.54. The number of hydrogen-bond donors (Lipinski definition) is 0. The smallest absolute Gasteiger partial charge is 0.339 e. The van der Waals surface area contributed by atoms with Crippen LogP contribution >= 0.6 is 0 Å². The van der Waals surface area contributed by atoms with Crippen molar-refractivity contribution < 1.29 is 14.3 Å². The molecule has 3 aromatic rings. The molecule has 2 aromatic heterocycles. The number of esters is 1. The van der Waals surface area contributed by atoms with Crippen molar-refractivity contribution in [3.05, 3.63) is 59.4 Å². The fraction of sp³-hybridized carbons (Fsp3) is 0.417. The Bertz CT molecular complexity index is 1090. The van der Waals surface area contributed by atoms with Crippen LogP contribution in [0.1, 0.15) is 67.2 Å². The molecule has 1 aliphatic carbocycles. The van der Waals surface area contributed by atoms with Gasteiger partial charge in [-0.15, -0.1) is 0 Å². The zero-order valence-electron chi connectivity index (χ0n) is 18.2. The van der Waals surface area contributed by atoms with E-state index in [0.29, 0.717) is 35.6 Å². The summed E-state index contributed by atoms with van der Waals surface area (Å²) in [4.78, 5) is 32.1. The van der Waals surface area contributed by atoms with E-state index >= 15 is 0 Å². The Balaban J connectivity index is 1.51. The molecule has 0 spiro atoms. The summed E-state index contributed by atoms with van der Waals surface area (Å²) in [5, 5.41) is 5.07. The maximum Gasteiger partial charge on any atom is 0.339 e. The lowest BCUT2D eigenvalue weighted by Gasteiger charge is -2.21. The third-order valence-electron chi connectivity index (χ3n) is 5.57. The minimum absolute atomic E-state index is 0.126. The van der Waals surface area contributed by atoms with Gasteiger partial charge in [0.1, 0.15) is 0 Å². The van der Waals surface area contributed by atoms with E-state index in [2.05, 4.69) is 5.10 Å². The largest absolute Gasteiger partial charge is 0.452 e. The fourth-order valence-electron chi connectivity index (χ4n) is 3.65. The van der Waals surface area contributed by atoms with E-state index in [-0.39, 0.29) is 18.6 Å². The van der Waals surface area contributed by atoms with Crippen molar-refractivity contribution in [1.29, 1.82) is 0 Å². The number of fused-ring (bicyclic) bond motifs is 1. The molecule has 0 saturated heterocycles. The number of benzene rings is 1. The van der Waals surface area contributed by atoms with Crippen LogP contribution in [0.2, 0.25) is 0 Å². The Morgan fingerprint density at radius 2 is 1.97 bits per heavy atom. The normalized spacial score (nSPS) is 13.5. The molecule has 2 heterocycles. The minimum Gasteiger partial charge on any atom is -0.452 e. The molecule has 1 fully saturated rings. The lowest BCUT2D eigenvalue weighted by molar-refractivity contribution is -0.134. The molecule has 0 atom stereocenters. The number of ether oxygens (including phenoxy) is 1. The summed E-state index contributed by atoms with van der Waals surface area (Å²) in [6.07, 6.45) is 3.81. The van der Waals surface area contributed by atoms with Crippen LogP contribution in [0, 0.1) is 0 Å². The number of aromatic nitrogens is 3. The molecule has 0 bridgehead atoms. The van der Waals surface area contributed by atoms with Gasteiger partial charge in [0, 0.05) is 30.7 Å². The molecule has 4 rings (SSSR count). The standard InChI is InChI=1S/C24H28N4O3/c1-4-27(14-17-8-6-5-7-9-17)22(29)15-31-24(30)19-12-21(18-10-11-18)26-23-20(19)13-25-28(23)16(2)3/h5-9,12-13,16,18H,4,10-11,14-15H2,1-3H3. The number of carbonyl (C=O) groups excluding carboxylic acids is 2. The Morgan fingerprint density at radius 1 is 1.23 bits per heavy atom. The third kappa shape index (κ3) is 4.60. The zero-order valence-corrected chi connectivity index (χ0v) is 18.2. The van der Waals surface area contributed by atoms with Crippen LogP contribution in [0.3, 0.4) is 0 Å². The van der Waals surface area contributed by atoms with Crippen molar-refractivity contribution in [3.8, 4) is 0 Å². The van der Waals surface area contributed by atoms with E-state index in [0.717, 1.165) is 24.1 Å². The topological polar surface area (TPSA) is 77.3 Å². The van der Waals surface area contributed by atoms with Gasteiger partial charge in [-0.1, -0.05) is 30.3 Å². The average molecular weight is 421 g/mol. The molecule has 1 aliphatic rings. The molecule has 162 valence electrons. The molecule has 0 aliphatic heterocycles. The van der Waals surface area contributed by atoms with Crippen LogP contribution in [0.4, 0.5) is 0 Å². The van der Waals surface area contributed by atoms with E-state index in [1.54, 1.807) is 17.2 Å². The molecule has 31 heavy (non-hydrogen) atoms. The summed E-state index contributed by atoms with van der Waals surface area (Å²) in [5.74, 6) is -0.346. The highest BCUT2D eigenvalue weighted by Gasteiger charge is 2.29. The van der Waals surface area contributed by atoms with Gasteiger partial charge >= 0.3 is 5.97 Å². The van der Waals surface area contributed by atoms with Gasteiger partial charge in [-0.2, -0.15) is 5.10 Å². The van der Waals surface area contributed by atoms with Gasteiger partial charge in [0.05, 0.1) is 17.1 Å². The first-order chi connectivity index (χ1) is 15.0. The van der Waals surface area contributed by atoms with Crippen molar-refractivity contribution in [1.82, 2.24) is 19.7 Å². The highest BCUT2D eigenvalue weighted by molar-refractivity contribution is 6.03. The number of hydrogen-bond acceptors (Lipinski definition) is 5. The second-order valence-corrected chi connectivity index (χ2v) is 8.26. The maximum atomic E-state index is 12.9. The van der Waals surface area contributed by atoms with E-state index in [1.165, 1.54) is 0 Å². The van der Waals surface area contributed by atoms with E-state index in [1.807, 2.05) is 55.8 Å². The Morgan fingerprint density at radius 3 is 2.61 bits per heavy atom. The maximum absolute atomic E-state index is 12.9. The summed E-state index contributed by atoms with van der Waals surface area (Å²) >= 11 is 0. The number of pyridine rings is 1. The monoisotopic (exact) mass is 420 g/mol. The Kier molecular flexibility index (Phi) is 6.02. The molecule has 7 nitrogen and oxygen atoms in total. The summed E-state index contributed by atoms with van der Waals surface area (Å²) in [6.45, 7) is 6.71. The lowest BCUT2D eigenvalue weighted by atomic mass is 10.1. The minimum atomic E-state index is -0.512. The lowest BCUT2D eigenvalue weighted by Crippen LogP contribution is -2.34. The molecular weight excluding hydrogens is 392 g/mol. The van der Waals surface area contributed by atoms with Crippen LogP contribution in [0.25, 0.3) is 11.0 Å². The fourth-order valence-corrected chi connectivity index (χ4v) is 3.65. The molecule has 7 heteroatoms. The Labute approximate surface area is 182 Å². The van der Waals surface area contributed by atoms with Crippen molar-refractivity contribution in [2.45, 2.75) is 52.1 Å². The molecule has 0 radical (unpaired) electrons. The van der Waals surface area contributed by atoms with Gasteiger partial charge in [-0.05, 0) is 45.2 Å². The predicted octanol–water partition coefficient (Wildman–Crippen LogP) is 4.10. The molecule has 1 saturated carbocycles. The van der Waals surface area contributed by atoms with E-state index < -0.39 is 5.97 Å². The summed E-state index contributed by atoms with van der Waals surface area (Å²) in [7, 11) is 0. The summed E-state index contributed by atoms with van der Waals surface area (Å²) in [6, 6.07) is 11.7. The SMILES string of the molecule is CCN(Cc1ccccc1)C(=O)COC(=O)c1cc(C2CC2)nc2c1cnn2C(C)C. The van der Waals surface area contributed by atoms with Crippen LogP contribution in [0.15, 0.2) is 42.6 Å². The zero-order chi connectivity index (χ0) is 22.0. The third-order valence-corrected chi connectivity index (χ3v) is 5.57. The van der Waals surface area contributed by atoms with E-state index in [9.17, 15) is 9.59 Å². The van der Waals surface area contributed by atoms with Crippen molar-refractivity contribution in [3.63, 3.8) is 0 Å². The van der Waals surface area contributed by atoms with Crippen molar-refractivity contribution in [2.75, 3.05) is 13.2 Å². The molecule has 1 amide bonds. The van der Waals surface area contributed by atoms with Gasteiger partial charge in [0.2, 0.25) is 0 Å². The first-order valence-electron chi connectivity index (χ1n) is 10.8. The summed E-state index contributed by atoms with van der Waals surface area (Å²) in [5.41, 5.74) is 3.05. The van der Waals surface area contributed by atoms with Crippen molar-refractivity contribution in [2.24, 2.45) is 0 Å². The Hall–Kier alpha value is -3.22. The van der Waals surface area contributed by atoms with Gasteiger partial charge < -0.3 is 9.64 Å². The number of amides is 1. The highest BCUT2D eigenvalue weighted by atomic mass is 16.5. The van der Waals surface area contributed by atoms with Crippen LogP contribution in [-0.4, -0.2) is 44.7 Å². The predicted molar refractivity (Wildman–Crippen MR) is 118 cm³/mol. The summed E-state index contributed by atoms with van der Waals surface area (Å²) < 4.78 is 7.27. The van der Waals surface area contributed by atoms with Gasteiger partial charge in [0.25, 0.3) is 5.91 Å². The van der Waals surface area contributed by atoms with E-state index in [4.69, 9.17) is 9.72 Å². The van der Waals surface area contributed by atoms with Crippen molar-refractivity contribution >= 4 is 22.9 Å².